The van der Waals surface area contributed by atoms with Gasteiger partial charge in [-0.2, -0.15) is 0 Å². The zero-order chi connectivity index (χ0) is 17.8. The monoisotopic (exact) mass is 348 g/mol. The summed E-state index contributed by atoms with van der Waals surface area (Å²) in [6, 6.07) is 11.3. The maximum atomic E-state index is 13.1. The lowest BCUT2D eigenvalue weighted by Crippen LogP contribution is -2.40. The van der Waals surface area contributed by atoms with E-state index < -0.39 is 0 Å². The van der Waals surface area contributed by atoms with Crippen LogP contribution in [0.5, 0.6) is 11.5 Å². The van der Waals surface area contributed by atoms with Gasteiger partial charge in [-0.3, -0.25) is 9.78 Å². The van der Waals surface area contributed by atoms with Gasteiger partial charge < -0.3 is 14.2 Å². The van der Waals surface area contributed by atoms with E-state index in [1.165, 1.54) is 0 Å². The van der Waals surface area contributed by atoms with Gasteiger partial charge in [-0.15, -0.1) is 0 Å². The molecule has 3 aromatic rings. The van der Waals surface area contributed by atoms with E-state index in [0.717, 1.165) is 19.4 Å². The van der Waals surface area contributed by atoms with E-state index in [2.05, 4.69) is 14.5 Å². The third-order valence-electron chi connectivity index (χ3n) is 4.61. The number of carbonyl (C=O) groups is 1. The summed E-state index contributed by atoms with van der Waals surface area (Å²) in [6.45, 7) is 1.43. The average Bonchev–Trinajstić information content (AvgIpc) is 3.24. The lowest BCUT2D eigenvalue weighted by molar-refractivity contribution is 0.0677. The molecule has 0 aliphatic carbocycles. The Morgan fingerprint density at radius 1 is 1.12 bits per heavy atom. The van der Waals surface area contributed by atoms with Gasteiger partial charge in [0.2, 0.25) is 0 Å². The zero-order valence-electron chi connectivity index (χ0n) is 14.4. The van der Waals surface area contributed by atoms with Gasteiger partial charge in [0.25, 0.3) is 5.91 Å². The minimum atomic E-state index is -0.00527. The number of piperidine rings is 1. The van der Waals surface area contributed by atoms with Crippen molar-refractivity contribution in [3.8, 4) is 11.5 Å². The molecule has 6 nitrogen and oxygen atoms in total. The molecular weight excluding hydrogens is 328 g/mol. The molecule has 1 saturated heterocycles. The first-order chi connectivity index (χ1) is 12.8. The van der Waals surface area contributed by atoms with Crippen molar-refractivity contribution in [2.24, 2.45) is 0 Å². The standard InChI is InChI=1S/C20H20N4O2/c25-20(23-11-4-5-16(14-23)24-12-10-22-15-24)18-7-1-2-8-19(18)26-17-6-3-9-21-13-17/h1-3,6-10,12-13,15-16H,4-5,11,14H2. The van der Waals surface area contributed by atoms with Crippen LogP contribution in [0.15, 0.2) is 67.5 Å². The maximum absolute atomic E-state index is 13.1. The Bertz CT molecular complexity index is 865. The first-order valence-electron chi connectivity index (χ1n) is 8.75. The number of nitrogens with zero attached hydrogens (tertiary/aromatic N) is 4. The minimum Gasteiger partial charge on any atom is -0.455 e. The Kier molecular flexibility index (Phi) is 4.64. The van der Waals surface area contributed by atoms with Gasteiger partial charge in [0.1, 0.15) is 11.5 Å². The van der Waals surface area contributed by atoms with Crippen molar-refractivity contribution < 1.29 is 9.53 Å². The fraction of sp³-hybridized carbons (Fsp3) is 0.250. The maximum Gasteiger partial charge on any atom is 0.257 e. The smallest absolute Gasteiger partial charge is 0.257 e. The second-order valence-electron chi connectivity index (χ2n) is 6.34. The molecule has 1 unspecified atom stereocenters. The van der Waals surface area contributed by atoms with Crippen molar-refractivity contribution in [1.29, 1.82) is 0 Å². The molecule has 0 N–H and O–H groups in total. The van der Waals surface area contributed by atoms with E-state index >= 15 is 0 Å². The summed E-state index contributed by atoms with van der Waals surface area (Å²) < 4.78 is 7.98. The van der Waals surface area contributed by atoms with Gasteiger partial charge in [0.05, 0.1) is 24.1 Å². The first-order valence-corrected chi connectivity index (χ1v) is 8.75. The molecular formula is C20H20N4O2. The Hall–Kier alpha value is -3.15. The molecule has 1 fully saturated rings. The van der Waals surface area contributed by atoms with E-state index in [1.54, 1.807) is 24.7 Å². The number of amides is 1. The number of ether oxygens (including phenoxy) is 1. The molecule has 1 atom stereocenters. The average molecular weight is 348 g/mol. The van der Waals surface area contributed by atoms with Gasteiger partial charge in [-0.25, -0.2) is 4.98 Å². The number of carbonyl (C=O) groups excluding carboxylic acids is 1. The lowest BCUT2D eigenvalue weighted by atomic mass is 10.0. The van der Waals surface area contributed by atoms with Crippen molar-refractivity contribution in [2.75, 3.05) is 13.1 Å². The number of imidazole rings is 1. The van der Waals surface area contributed by atoms with Crippen molar-refractivity contribution in [2.45, 2.75) is 18.9 Å². The van der Waals surface area contributed by atoms with Gasteiger partial charge in [0.15, 0.2) is 0 Å². The van der Waals surface area contributed by atoms with Crippen LogP contribution in [-0.2, 0) is 0 Å². The Balaban J connectivity index is 1.54. The summed E-state index contributed by atoms with van der Waals surface area (Å²) >= 11 is 0. The fourth-order valence-corrected chi connectivity index (χ4v) is 3.31. The highest BCUT2D eigenvalue weighted by molar-refractivity contribution is 5.97. The highest BCUT2D eigenvalue weighted by Gasteiger charge is 2.27. The number of likely N-dealkylation sites (tertiary alicyclic amines) is 1. The Morgan fingerprint density at radius 2 is 2.04 bits per heavy atom. The molecule has 26 heavy (non-hydrogen) atoms. The number of hydrogen-bond acceptors (Lipinski definition) is 4. The third kappa shape index (κ3) is 3.44. The molecule has 0 spiro atoms. The molecule has 0 bridgehead atoms. The summed E-state index contributed by atoms with van der Waals surface area (Å²) in [7, 11) is 0. The third-order valence-corrected chi connectivity index (χ3v) is 4.61. The number of pyridine rings is 1. The van der Waals surface area contributed by atoms with E-state index in [1.807, 2.05) is 47.8 Å². The van der Waals surface area contributed by atoms with Crippen LogP contribution in [-0.4, -0.2) is 38.4 Å². The van der Waals surface area contributed by atoms with Crippen LogP contribution in [0.4, 0.5) is 0 Å². The van der Waals surface area contributed by atoms with Gasteiger partial charge in [-0.1, -0.05) is 12.1 Å². The molecule has 1 aromatic carbocycles. The highest BCUT2D eigenvalue weighted by Crippen LogP contribution is 2.28. The summed E-state index contributed by atoms with van der Waals surface area (Å²) in [4.78, 5) is 23.2. The summed E-state index contributed by atoms with van der Waals surface area (Å²) in [5.41, 5.74) is 0.572. The Morgan fingerprint density at radius 3 is 2.85 bits per heavy atom. The largest absolute Gasteiger partial charge is 0.455 e. The van der Waals surface area contributed by atoms with Gasteiger partial charge >= 0.3 is 0 Å². The molecule has 3 heterocycles. The highest BCUT2D eigenvalue weighted by atomic mass is 16.5. The van der Waals surface area contributed by atoms with Crippen LogP contribution in [0, 0.1) is 0 Å². The molecule has 6 heteroatoms. The molecule has 1 aliphatic heterocycles. The number of benzene rings is 1. The number of para-hydroxylation sites is 1. The predicted octanol–water partition coefficient (Wildman–Crippen LogP) is 3.55. The molecule has 4 rings (SSSR count). The molecule has 0 saturated carbocycles. The van der Waals surface area contributed by atoms with Crippen LogP contribution < -0.4 is 4.74 Å². The normalized spacial score (nSPS) is 17.1. The van der Waals surface area contributed by atoms with Crippen LogP contribution in [0.2, 0.25) is 0 Å². The van der Waals surface area contributed by atoms with Crippen molar-refractivity contribution in [1.82, 2.24) is 19.4 Å². The Labute approximate surface area is 152 Å². The van der Waals surface area contributed by atoms with Crippen molar-refractivity contribution in [3.05, 3.63) is 73.1 Å². The quantitative estimate of drug-likeness (QED) is 0.723. The number of rotatable bonds is 4. The predicted molar refractivity (Wildman–Crippen MR) is 97.2 cm³/mol. The SMILES string of the molecule is O=C(c1ccccc1Oc1cccnc1)N1CCCC(n2ccnc2)C1. The van der Waals surface area contributed by atoms with E-state index in [9.17, 15) is 4.79 Å². The van der Waals surface area contributed by atoms with Crippen LogP contribution >= 0.6 is 0 Å². The van der Waals surface area contributed by atoms with Crippen molar-refractivity contribution in [3.63, 3.8) is 0 Å². The molecule has 0 radical (unpaired) electrons. The number of aromatic nitrogens is 3. The topological polar surface area (TPSA) is 60.2 Å². The first kappa shape index (κ1) is 16.3. The summed E-state index contributed by atoms with van der Waals surface area (Å²) in [5, 5.41) is 0. The van der Waals surface area contributed by atoms with E-state index in [-0.39, 0.29) is 11.9 Å². The second-order valence-corrected chi connectivity index (χ2v) is 6.34. The van der Waals surface area contributed by atoms with Crippen LogP contribution in [0.1, 0.15) is 29.2 Å². The molecule has 1 amide bonds. The van der Waals surface area contributed by atoms with Crippen LogP contribution in [0.3, 0.4) is 0 Å². The lowest BCUT2D eigenvalue weighted by Gasteiger charge is -2.33. The minimum absolute atomic E-state index is 0.00527. The van der Waals surface area contributed by atoms with Gasteiger partial charge in [-0.05, 0) is 37.1 Å². The molecule has 2 aromatic heterocycles. The molecule has 132 valence electrons. The van der Waals surface area contributed by atoms with Crippen LogP contribution in [0.25, 0.3) is 0 Å². The van der Waals surface area contributed by atoms with Crippen molar-refractivity contribution >= 4 is 5.91 Å². The summed E-state index contributed by atoms with van der Waals surface area (Å²) in [6.07, 6.45) is 10.9. The summed E-state index contributed by atoms with van der Waals surface area (Å²) in [5.74, 6) is 1.16. The number of hydrogen-bond donors (Lipinski definition) is 0. The van der Waals surface area contributed by atoms with E-state index in [0.29, 0.717) is 23.6 Å². The van der Waals surface area contributed by atoms with E-state index in [4.69, 9.17) is 4.74 Å². The van der Waals surface area contributed by atoms with Gasteiger partial charge in [0, 0.05) is 31.7 Å². The fourth-order valence-electron chi connectivity index (χ4n) is 3.31. The second kappa shape index (κ2) is 7.39. The molecule has 1 aliphatic rings. The zero-order valence-corrected chi connectivity index (χ0v) is 14.4.